The number of aryl methyl sites for hydroxylation is 1. The quantitative estimate of drug-likeness (QED) is 0.588. The molecule has 182 valence electrons. The smallest absolute Gasteiger partial charge is 0.412 e. The van der Waals surface area contributed by atoms with Crippen molar-refractivity contribution in [2.75, 3.05) is 18.5 Å². The number of rotatable bonds is 5. The van der Waals surface area contributed by atoms with Crippen molar-refractivity contribution in [1.29, 1.82) is 0 Å². The van der Waals surface area contributed by atoms with Gasteiger partial charge in [0.15, 0.2) is 0 Å². The second kappa shape index (κ2) is 10.7. The van der Waals surface area contributed by atoms with Crippen LogP contribution in [0.15, 0.2) is 48.5 Å². The lowest BCUT2D eigenvalue weighted by Crippen LogP contribution is -2.45. The summed E-state index contributed by atoms with van der Waals surface area (Å²) < 4.78 is 10.7. The number of piperidine rings is 1. The van der Waals surface area contributed by atoms with Crippen LogP contribution in [0.25, 0.3) is 0 Å². The number of esters is 1. The van der Waals surface area contributed by atoms with Crippen LogP contribution in [0.5, 0.6) is 0 Å². The molecule has 0 bridgehead atoms. The van der Waals surface area contributed by atoms with Crippen molar-refractivity contribution in [3.8, 4) is 0 Å². The average molecular weight is 467 g/mol. The molecule has 7 heteroatoms. The molecular formula is C27H34N2O5. The van der Waals surface area contributed by atoms with Gasteiger partial charge in [-0.3, -0.25) is 14.9 Å². The van der Waals surface area contributed by atoms with Crippen molar-refractivity contribution in [3.05, 3.63) is 65.2 Å². The van der Waals surface area contributed by atoms with Gasteiger partial charge < -0.3 is 14.4 Å². The third kappa shape index (κ3) is 6.16. The van der Waals surface area contributed by atoms with Gasteiger partial charge in [0.2, 0.25) is 0 Å². The number of ether oxygens (including phenoxy) is 2. The van der Waals surface area contributed by atoms with E-state index < -0.39 is 23.7 Å². The van der Waals surface area contributed by atoms with E-state index in [4.69, 9.17) is 9.47 Å². The van der Waals surface area contributed by atoms with Crippen LogP contribution in [0.3, 0.4) is 0 Å². The maximum atomic E-state index is 13.6. The normalized spacial score (nSPS) is 18.2. The van der Waals surface area contributed by atoms with Crippen LogP contribution in [-0.2, 0) is 14.3 Å². The number of carbonyl (C=O) groups is 3. The summed E-state index contributed by atoms with van der Waals surface area (Å²) in [5, 5.41) is 2.72. The first-order valence-corrected chi connectivity index (χ1v) is 11.7. The van der Waals surface area contributed by atoms with Gasteiger partial charge in [-0.05, 0) is 76.8 Å². The number of amides is 2. The van der Waals surface area contributed by atoms with Gasteiger partial charge in [0.1, 0.15) is 5.60 Å². The van der Waals surface area contributed by atoms with E-state index in [2.05, 4.69) is 5.32 Å². The summed E-state index contributed by atoms with van der Waals surface area (Å²) in [6, 6.07) is 14.2. The Morgan fingerprint density at radius 3 is 2.35 bits per heavy atom. The van der Waals surface area contributed by atoms with Crippen molar-refractivity contribution < 1.29 is 23.9 Å². The van der Waals surface area contributed by atoms with Crippen LogP contribution >= 0.6 is 0 Å². The number of likely N-dealkylation sites (tertiary alicyclic amines) is 1. The molecule has 2 aromatic carbocycles. The first kappa shape index (κ1) is 25.3. The molecule has 0 saturated carbocycles. The molecule has 0 aromatic heterocycles. The van der Waals surface area contributed by atoms with Crippen molar-refractivity contribution in [2.45, 2.75) is 59.1 Å². The number of anilines is 1. The fraction of sp³-hybridized carbons (Fsp3) is 0.444. The van der Waals surface area contributed by atoms with Crippen LogP contribution in [0.2, 0.25) is 0 Å². The average Bonchev–Trinajstić information content (AvgIpc) is 2.78. The van der Waals surface area contributed by atoms with Crippen molar-refractivity contribution >= 4 is 23.7 Å². The molecule has 0 aliphatic carbocycles. The zero-order valence-corrected chi connectivity index (χ0v) is 20.6. The fourth-order valence-corrected chi connectivity index (χ4v) is 4.28. The van der Waals surface area contributed by atoms with Crippen LogP contribution in [0, 0.1) is 12.8 Å². The number of carbonyl (C=O) groups excluding carboxylic acids is 3. The van der Waals surface area contributed by atoms with Gasteiger partial charge in [-0.25, -0.2) is 4.79 Å². The summed E-state index contributed by atoms with van der Waals surface area (Å²) in [4.78, 5) is 40.3. The predicted molar refractivity (Wildman–Crippen MR) is 131 cm³/mol. The van der Waals surface area contributed by atoms with Gasteiger partial charge in [-0.2, -0.15) is 0 Å². The van der Waals surface area contributed by atoms with E-state index >= 15 is 0 Å². The Morgan fingerprint density at radius 2 is 1.74 bits per heavy atom. The van der Waals surface area contributed by atoms with Gasteiger partial charge >= 0.3 is 12.1 Å². The van der Waals surface area contributed by atoms with Crippen molar-refractivity contribution in [1.82, 2.24) is 4.90 Å². The zero-order valence-electron chi connectivity index (χ0n) is 20.6. The first-order chi connectivity index (χ1) is 16.1. The Kier molecular flexibility index (Phi) is 7.97. The van der Waals surface area contributed by atoms with Crippen molar-refractivity contribution in [3.63, 3.8) is 0 Å². The molecule has 2 amide bonds. The summed E-state index contributed by atoms with van der Waals surface area (Å²) in [6.07, 6.45) is 0.813. The molecule has 2 aromatic rings. The number of benzene rings is 2. The molecule has 7 nitrogen and oxygen atoms in total. The molecule has 2 unspecified atom stereocenters. The lowest BCUT2D eigenvalue weighted by atomic mass is 9.84. The highest BCUT2D eigenvalue weighted by Gasteiger charge is 2.40. The summed E-state index contributed by atoms with van der Waals surface area (Å²) >= 11 is 0. The van der Waals surface area contributed by atoms with Crippen LogP contribution in [-0.4, -0.2) is 41.6 Å². The lowest BCUT2D eigenvalue weighted by molar-refractivity contribution is -0.151. The lowest BCUT2D eigenvalue weighted by Gasteiger charge is -2.40. The molecule has 1 N–H and O–H groups in total. The molecule has 1 fully saturated rings. The van der Waals surface area contributed by atoms with Crippen molar-refractivity contribution in [2.24, 2.45) is 5.92 Å². The molecule has 2 atom stereocenters. The van der Waals surface area contributed by atoms with Crippen LogP contribution in [0.1, 0.15) is 68.1 Å². The van der Waals surface area contributed by atoms with E-state index in [1.807, 2.05) is 43.3 Å². The first-order valence-electron chi connectivity index (χ1n) is 11.7. The molecule has 1 aliphatic rings. The van der Waals surface area contributed by atoms with E-state index in [1.54, 1.807) is 44.7 Å². The molecule has 1 saturated heterocycles. The fourth-order valence-electron chi connectivity index (χ4n) is 4.28. The highest BCUT2D eigenvalue weighted by Crippen LogP contribution is 2.38. The largest absolute Gasteiger partial charge is 0.466 e. The maximum absolute atomic E-state index is 13.6. The van der Waals surface area contributed by atoms with E-state index in [9.17, 15) is 14.4 Å². The van der Waals surface area contributed by atoms with Gasteiger partial charge in [0.05, 0.1) is 18.6 Å². The highest BCUT2D eigenvalue weighted by molar-refractivity contribution is 5.96. The summed E-state index contributed by atoms with van der Waals surface area (Å²) in [6.45, 7) is 9.92. The predicted octanol–water partition coefficient (Wildman–Crippen LogP) is 5.50. The number of nitrogens with zero attached hydrogens (tertiary/aromatic N) is 1. The molecule has 3 rings (SSSR count). The highest BCUT2D eigenvalue weighted by atomic mass is 16.6. The standard InChI is InChI=1S/C27H34N2O5/c1-6-33-25(31)22-12-9-17-29(24(30)21-11-8-7-10-18(21)2)23(22)19-13-15-20(16-14-19)28-26(32)34-27(3,4)5/h7-8,10-11,13-16,22-23H,6,9,12,17H2,1-5H3,(H,28,32). The maximum Gasteiger partial charge on any atom is 0.412 e. The summed E-state index contributed by atoms with van der Waals surface area (Å²) in [5.41, 5.74) is 2.30. The third-order valence-electron chi connectivity index (χ3n) is 5.75. The Morgan fingerprint density at radius 1 is 1.06 bits per heavy atom. The number of hydrogen-bond donors (Lipinski definition) is 1. The molecule has 0 spiro atoms. The summed E-state index contributed by atoms with van der Waals surface area (Å²) in [7, 11) is 0. The molecule has 34 heavy (non-hydrogen) atoms. The second-order valence-corrected chi connectivity index (χ2v) is 9.51. The Balaban J connectivity index is 1.91. The second-order valence-electron chi connectivity index (χ2n) is 9.51. The van der Waals surface area contributed by atoms with Gasteiger partial charge in [0.25, 0.3) is 5.91 Å². The number of nitrogens with one attached hydrogen (secondary N) is 1. The minimum atomic E-state index is -0.602. The zero-order chi connectivity index (χ0) is 24.9. The third-order valence-corrected chi connectivity index (χ3v) is 5.75. The number of hydrogen-bond acceptors (Lipinski definition) is 5. The van der Waals surface area contributed by atoms with Gasteiger partial charge in [-0.15, -0.1) is 0 Å². The summed E-state index contributed by atoms with van der Waals surface area (Å²) in [5.74, 6) is -0.870. The molecule has 1 aliphatic heterocycles. The van der Waals surface area contributed by atoms with Gasteiger partial charge in [-0.1, -0.05) is 30.3 Å². The Labute approximate surface area is 201 Å². The Hall–Kier alpha value is -3.35. The van der Waals surface area contributed by atoms with E-state index in [1.165, 1.54) is 0 Å². The van der Waals surface area contributed by atoms with E-state index in [0.29, 0.717) is 24.2 Å². The topological polar surface area (TPSA) is 84.9 Å². The minimum Gasteiger partial charge on any atom is -0.466 e. The van der Waals surface area contributed by atoms with Crippen LogP contribution < -0.4 is 5.32 Å². The van der Waals surface area contributed by atoms with Crippen LogP contribution in [0.4, 0.5) is 10.5 Å². The van der Waals surface area contributed by atoms with Gasteiger partial charge in [0, 0.05) is 17.8 Å². The molecular weight excluding hydrogens is 432 g/mol. The SMILES string of the molecule is CCOC(=O)C1CCCN(C(=O)c2ccccc2C)C1c1ccc(NC(=O)OC(C)(C)C)cc1. The van der Waals surface area contributed by atoms with E-state index in [-0.39, 0.29) is 18.5 Å². The minimum absolute atomic E-state index is 0.104. The molecule has 0 radical (unpaired) electrons. The Bertz CT molecular complexity index is 1030. The monoisotopic (exact) mass is 466 g/mol. The van der Waals surface area contributed by atoms with E-state index in [0.717, 1.165) is 17.5 Å². The molecule has 1 heterocycles.